The third kappa shape index (κ3) is 5.04. The molecule has 0 spiro atoms. The van der Waals surface area contributed by atoms with Crippen molar-refractivity contribution in [1.29, 1.82) is 0 Å². The Morgan fingerprint density at radius 1 is 1.36 bits per heavy atom. The summed E-state index contributed by atoms with van der Waals surface area (Å²) in [6.45, 7) is 5.64. The van der Waals surface area contributed by atoms with Crippen molar-refractivity contribution in [2.45, 2.75) is 19.8 Å². The summed E-state index contributed by atoms with van der Waals surface area (Å²) in [6, 6.07) is 3.91. The molecule has 0 aromatic carbocycles. The molecule has 14 heavy (non-hydrogen) atoms. The molecule has 1 aromatic rings. The molecular formula is C11H19NO2. The fourth-order valence-electron chi connectivity index (χ4n) is 1.18. The Morgan fingerprint density at radius 2 is 2.29 bits per heavy atom. The van der Waals surface area contributed by atoms with Gasteiger partial charge >= 0.3 is 0 Å². The van der Waals surface area contributed by atoms with Crippen LogP contribution < -0.4 is 5.32 Å². The molecule has 0 aliphatic carbocycles. The van der Waals surface area contributed by atoms with Crippen molar-refractivity contribution in [2.75, 3.05) is 26.3 Å². The summed E-state index contributed by atoms with van der Waals surface area (Å²) in [6.07, 6.45) is 3.74. The van der Waals surface area contributed by atoms with E-state index < -0.39 is 0 Å². The smallest absolute Gasteiger partial charge is 0.105 e. The lowest BCUT2D eigenvalue weighted by atomic mass is 10.3. The number of nitrogens with one attached hydrogen (secondary N) is 1. The molecule has 0 saturated heterocycles. The lowest BCUT2D eigenvalue weighted by Crippen LogP contribution is -2.22. The van der Waals surface area contributed by atoms with Crippen molar-refractivity contribution < 1.29 is 9.15 Å². The average molecular weight is 197 g/mol. The molecule has 80 valence electrons. The van der Waals surface area contributed by atoms with Gasteiger partial charge in [-0.2, -0.15) is 0 Å². The summed E-state index contributed by atoms with van der Waals surface area (Å²) in [4.78, 5) is 0. The normalized spacial score (nSPS) is 10.6. The molecule has 0 aliphatic rings. The minimum Gasteiger partial charge on any atom is -0.469 e. The highest BCUT2D eigenvalue weighted by Gasteiger charge is 1.94. The monoisotopic (exact) mass is 197 g/mol. The van der Waals surface area contributed by atoms with E-state index in [-0.39, 0.29) is 0 Å². The third-order valence-corrected chi connectivity index (χ3v) is 1.90. The Balaban J connectivity index is 1.85. The van der Waals surface area contributed by atoms with Crippen LogP contribution in [0, 0.1) is 0 Å². The molecule has 3 heteroatoms. The van der Waals surface area contributed by atoms with Crippen molar-refractivity contribution in [2.24, 2.45) is 0 Å². The molecule has 0 radical (unpaired) electrons. The zero-order valence-corrected chi connectivity index (χ0v) is 8.79. The van der Waals surface area contributed by atoms with Crippen molar-refractivity contribution >= 4 is 0 Å². The quantitative estimate of drug-likeness (QED) is 0.646. The maximum absolute atomic E-state index is 5.33. The maximum Gasteiger partial charge on any atom is 0.105 e. The van der Waals surface area contributed by atoms with Gasteiger partial charge in [0.05, 0.1) is 12.9 Å². The Hall–Kier alpha value is -0.800. The first-order valence-corrected chi connectivity index (χ1v) is 5.24. The fraction of sp³-hybridized carbons (Fsp3) is 0.636. The van der Waals surface area contributed by atoms with E-state index in [1.807, 2.05) is 12.1 Å². The van der Waals surface area contributed by atoms with Crippen LogP contribution in [0.2, 0.25) is 0 Å². The van der Waals surface area contributed by atoms with Gasteiger partial charge in [-0.25, -0.2) is 0 Å². The van der Waals surface area contributed by atoms with Crippen molar-refractivity contribution in [3.8, 4) is 0 Å². The molecule has 1 N–H and O–H groups in total. The largest absolute Gasteiger partial charge is 0.469 e. The third-order valence-electron chi connectivity index (χ3n) is 1.90. The standard InChI is InChI=1S/C11H19NO2/c1-2-8-13-10-7-12-6-5-11-4-3-9-14-11/h3-4,9,12H,2,5-8,10H2,1H3. The number of hydrogen-bond acceptors (Lipinski definition) is 3. The maximum atomic E-state index is 5.33. The van der Waals surface area contributed by atoms with Crippen LogP contribution in [0.15, 0.2) is 22.8 Å². The first-order chi connectivity index (χ1) is 6.93. The highest BCUT2D eigenvalue weighted by molar-refractivity contribution is 4.98. The second-order valence-corrected chi connectivity index (χ2v) is 3.19. The van der Waals surface area contributed by atoms with Crippen molar-refractivity contribution in [3.63, 3.8) is 0 Å². The second-order valence-electron chi connectivity index (χ2n) is 3.19. The molecule has 1 aromatic heterocycles. The van der Waals surface area contributed by atoms with Crippen molar-refractivity contribution in [3.05, 3.63) is 24.2 Å². The van der Waals surface area contributed by atoms with Crippen LogP contribution in [0.5, 0.6) is 0 Å². The van der Waals surface area contributed by atoms with E-state index in [1.54, 1.807) is 6.26 Å². The number of hydrogen-bond donors (Lipinski definition) is 1. The van der Waals surface area contributed by atoms with E-state index in [1.165, 1.54) is 0 Å². The summed E-state index contributed by atoms with van der Waals surface area (Å²) in [7, 11) is 0. The van der Waals surface area contributed by atoms with E-state index in [0.717, 1.165) is 44.9 Å². The highest BCUT2D eigenvalue weighted by atomic mass is 16.5. The summed E-state index contributed by atoms with van der Waals surface area (Å²) in [5, 5.41) is 3.30. The van der Waals surface area contributed by atoms with Crippen LogP contribution in [0.3, 0.4) is 0 Å². The summed E-state index contributed by atoms with van der Waals surface area (Å²) in [5.74, 6) is 1.03. The van der Waals surface area contributed by atoms with Crippen LogP contribution in [0.1, 0.15) is 19.1 Å². The molecule has 0 atom stereocenters. The molecule has 1 rings (SSSR count). The first kappa shape index (κ1) is 11.3. The molecular weight excluding hydrogens is 178 g/mol. The van der Waals surface area contributed by atoms with Gasteiger partial charge in [0, 0.05) is 26.1 Å². The van der Waals surface area contributed by atoms with Gasteiger partial charge in [0.15, 0.2) is 0 Å². The van der Waals surface area contributed by atoms with Crippen LogP contribution in [-0.4, -0.2) is 26.3 Å². The van der Waals surface area contributed by atoms with E-state index in [0.29, 0.717) is 0 Å². The predicted molar refractivity (Wildman–Crippen MR) is 56.4 cm³/mol. The van der Waals surface area contributed by atoms with E-state index >= 15 is 0 Å². The average Bonchev–Trinajstić information content (AvgIpc) is 2.69. The summed E-state index contributed by atoms with van der Waals surface area (Å²) in [5.41, 5.74) is 0. The Labute approximate surface area is 85.4 Å². The molecule has 1 heterocycles. The molecule has 3 nitrogen and oxygen atoms in total. The molecule has 0 unspecified atom stereocenters. The molecule has 0 saturated carbocycles. The van der Waals surface area contributed by atoms with Gasteiger partial charge in [0.1, 0.15) is 5.76 Å². The van der Waals surface area contributed by atoms with Gasteiger partial charge < -0.3 is 14.5 Å². The molecule has 0 fully saturated rings. The molecule has 0 amide bonds. The fourth-order valence-corrected chi connectivity index (χ4v) is 1.18. The van der Waals surface area contributed by atoms with Crippen LogP contribution >= 0.6 is 0 Å². The lowest BCUT2D eigenvalue weighted by molar-refractivity contribution is 0.136. The minimum atomic E-state index is 0.798. The zero-order valence-electron chi connectivity index (χ0n) is 8.79. The van der Waals surface area contributed by atoms with Gasteiger partial charge in [-0.3, -0.25) is 0 Å². The summed E-state index contributed by atoms with van der Waals surface area (Å²) < 4.78 is 10.5. The SMILES string of the molecule is CCCOCCNCCc1ccco1. The number of ether oxygens (including phenoxy) is 1. The number of furan rings is 1. The molecule has 0 bridgehead atoms. The van der Waals surface area contributed by atoms with Gasteiger partial charge in [-0.05, 0) is 18.6 Å². The topological polar surface area (TPSA) is 34.4 Å². The Kier molecular flexibility index (Phi) is 6.11. The second kappa shape index (κ2) is 7.59. The number of rotatable bonds is 8. The van der Waals surface area contributed by atoms with Gasteiger partial charge in [0.25, 0.3) is 0 Å². The Bertz CT molecular complexity index is 209. The van der Waals surface area contributed by atoms with Crippen LogP contribution in [-0.2, 0) is 11.2 Å². The van der Waals surface area contributed by atoms with Gasteiger partial charge in [0.2, 0.25) is 0 Å². The predicted octanol–water partition coefficient (Wildman–Crippen LogP) is 1.84. The van der Waals surface area contributed by atoms with Gasteiger partial charge in [-0.15, -0.1) is 0 Å². The van der Waals surface area contributed by atoms with Crippen LogP contribution in [0.4, 0.5) is 0 Å². The lowest BCUT2D eigenvalue weighted by Gasteiger charge is -2.03. The summed E-state index contributed by atoms with van der Waals surface area (Å²) >= 11 is 0. The van der Waals surface area contributed by atoms with E-state index in [9.17, 15) is 0 Å². The van der Waals surface area contributed by atoms with Gasteiger partial charge in [-0.1, -0.05) is 6.92 Å². The first-order valence-electron chi connectivity index (χ1n) is 5.24. The van der Waals surface area contributed by atoms with E-state index in [2.05, 4.69) is 12.2 Å². The minimum absolute atomic E-state index is 0.798. The van der Waals surface area contributed by atoms with E-state index in [4.69, 9.17) is 9.15 Å². The van der Waals surface area contributed by atoms with Crippen LogP contribution in [0.25, 0.3) is 0 Å². The Morgan fingerprint density at radius 3 is 3.00 bits per heavy atom. The zero-order chi connectivity index (χ0) is 10.1. The molecule has 0 aliphatic heterocycles. The van der Waals surface area contributed by atoms with Crippen molar-refractivity contribution in [1.82, 2.24) is 5.32 Å². The highest BCUT2D eigenvalue weighted by Crippen LogP contribution is 1.99.